The van der Waals surface area contributed by atoms with E-state index >= 15 is 0 Å². The van der Waals surface area contributed by atoms with Gasteiger partial charge in [0.25, 0.3) is 7.82 Å². The minimum atomic E-state index is -4.70. The number of unbranched alkanes of at least 4 members (excludes halogenated alkanes) is 34. The van der Waals surface area contributed by atoms with Crippen molar-refractivity contribution in [2.75, 3.05) is 40.9 Å². The second kappa shape index (κ2) is 53.4. The first-order valence-electron chi connectivity index (χ1n) is 30.9. The van der Waals surface area contributed by atoms with Crippen molar-refractivity contribution < 1.29 is 37.3 Å². The Balaban J connectivity index is 5.18. The fraction of sp³-hybridized carbons (Fsp3) is 0.841. The number of allylic oxidation sites excluding steroid dienone is 7. The first kappa shape index (κ1) is 71.0. The maximum atomic E-state index is 13.5. The number of amides is 1. The fourth-order valence-corrected chi connectivity index (χ4v) is 9.62. The van der Waals surface area contributed by atoms with Crippen molar-refractivity contribution in [2.45, 2.75) is 303 Å². The van der Waals surface area contributed by atoms with Crippen LogP contribution < -0.4 is 10.2 Å². The van der Waals surface area contributed by atoms with Gasteiger partial charge in [-0.2, -0.15) is 0 Å². The van der Waals surface area contributed by atoms with Gasteiger partial charge in [-0.25, -0.2) is 0 Å². The van der Waals surface area contributed by atoms with Gasteiger partial charge in [0.1, 0.15) is 19.3 Å². The molecule has 428 valence electrons. The highest BCUT2D eigenvalue weighted by Crippen LogP contribution is 2.38. The molecule has 73 heavy (non-hydrogen) atoms. The predicted octanol–water partition coefficient (Wildman–Crippen LogP) is 18.3. The van der Waals surface area contributed by atoms with Gasteiger partial charge in [-0.3, -0.25) is 14.2 Å². The Labute approximate surface area is 452 Å². The molecule has 0 bridgehead atoms. The Morgan fingerprint density at radius 2 is 0.836 bits per heavy atom. The van der Waals surface area contributed by atoms with E-state index in [1.165, 1.54) is 180 Å². The lowest BCUT2D eigenvalue weighted by molar-refractivity contribution is -0.870. The van der Waals surface area contributed by atoms with E-state index in [0.717, 1.165) is 77.0 Å². The second-order valence-electron chi connectivity index (χ2n) is 22.2. The number of nitrogens with one attached hydrogen (secondary N) is 1. The zero-order valence-electron chi connectivity index (χ0n) is 48.8. The lowest BCUT2D eigenvalue weighted by atomic mass is 10.0. The van der Waals surface area contributed by atoms with Crippen molar-refractivity contribution in [3.63, 3.8) is 0 Å². The van der Waals surface area contributed by atoms with E-state index in [1.807, 2.05) is 33.3 Å². The third-order valence-corrected chi connectivity index (χ3v) is 14.7. The first-order chi connectivity index (χ1) is 35.4. The Bertz CT molecular complexity index is 1390. The van der Waals surface area contributed by atoms with Gasteiger partial charge in [0.15, 0.2) is 0 Å². The molecule has 1 N–H and O–H groups in total. The number of carbonyl (C=O) groups is 2. The SMILES string of the molecule is CCCCC/C=C\C/C=C\CCCCCCCCCCCCCC(=O)NC(COP(=O)([O-])OCC[N+](C)(C)C)C(/C=C\CCCCCCCCCCC)OC(=O)CCCCCCCCC/C=C\CCCCCC. The maximum Gasteiger partial charge on any atom is 0.306 e. The van der Waals surface area contributed by atoms with Crippen LogP contribution in [0.2, 0.25) is 0 Å². The lowest BCUT2D eigenvalue weighted by Crippen LogP contribution is -2.47. The Morgan fingerprint density at radius 3 is 1.29 bits per heavy atom. The molecule has 0 aliphatic rings. The minimum absolute atomic E-state index is 0.0229. The fourth-order valence-electron chi connectivity index (χ4n) is 8.90. The first-order valence-corrected chi connectivity index (χ1v) is 32.4. The summed E-state index contributed by atoms with van der Waals surface area (Å²) in [6, 6.07) is -0.889. The number of ether oxygens (including phenoxy) is 1. The number of likely N-dealkylation sites (N-methyl/N-ethyl adjacent to an activating group) is 1. The molecule has 1 amide bonds. The number of hydrogen-bond donors (Lipinski definition) is 1. The Morgan fingerprint density at radius 1 is 0.479 bits per heavy atom. The summed E-state index contributed by atoms with van der Waals surface area (Å²) in [6.45, 7) is 6.82. The third kappa shape index (κ3) is 54.6. The Hall–Kier alpha value is -2.03. The number of phosphoric ester groups is 1. The largest absolute Gasteiger partial charge is 0.756 e. The van der Waals surface area contributed by atoms with E-state index in [1.54, 1.807) is 0 Å². The van der Waals surface area contributed by atoms with Gasteiger partial charge in [0.2, 0.25) is 5.91 Å². The van der Waals surface area contributed by atoms with E-state index in [0.29, 0.717) is 17.4 Å². The summed E-state index contributed by atoms with van der Waals surface area (Å²) in [5.74, 6) is -0.542. The van der Waals surface area contributed by atoms with Crippen LogP contribution >= 0.6 is 7.82 Å². The van der Waals surface area contributed by atoms with E-state index < -0.39 is 20.0 Å². The zero-order valence-corrected chi connectivity index (χ0v) is 49.7. The minimum Gasteiger partial charge on any atom is -0.756 e. The molecule has 0 saturated heterocycles. The van der Waals surface area contributed by atoms with Gasteiger partial charge in [0.05, 0.1) is 33.8 Å². The van der Waals surface area contributed by atoms with Crippen LogP contribution in [0.4, 0.5) is 0 Å². The number of hydrogen-bond acceptors (Lipinski definition) is 7. The van der Waals surface area contributed by atoms with Crippen molar-refractivity contribution >= 4 is 19.7 Å². The average molecular weight is 1050 g/mol. The molecule has 9 nitrogen and oxygen atoms in total. The molecule has 0 spiro atoms. The van der Waals surface area contributed by atoms with Crippen LogP contribution in [0.3, 0.4) is 0 Å². The van der Waals surface area contributed by atoms with Crippen molar-refractivity contribution in [1.82, 2.24) is 5.32 Å². The van der Waals surface area contributed by atoms with Crippen LogP contribution in [0, 0.1) is 0 Å². The number of carbonyl (C=O) groups excluding carboxylic acids is 2. The monoisotopic (exact) mass is 1050 g/mol. The van der Waals surface area contributed by atoms with Crippen molar-refractivity contribution in [1.29, 1.82) is 0 Å². The molecule has 10 heteroatoms. The molecule has 0 heterocycles. The van der Waals surface area contributed by atoms with Crippen LogP contribution in [0.1, 0.15) is 290 Å². The van der Waals surface area contributed by atoms with E-state index in [4.69, 9.17) is 13.8 Å². The van der Waals surface area contributed by atoms with Crippen LogP contribution in [0.5, 0.6) is 0 Å². The number of nitrogens with zero attached hydrogens (tertiary/aromatic N) is 1. The zero-order chi connectivity index (χ0) is 53.6. The predicted molar refractivity (Wildman–Crippen MR) is 312 cm³/mol. The Kier molecular flexibility index (Phi) is 51.9. The molecule has 0 rings (SSSR count). The quantitative estimate of drug-likeness (QED) is 0.0212. The number of phosphoric acid groups is 1. The summed E-state index contributed by atoms with van der Waals surface area (Å²) in [5, 5.41) is 3.03. The van der Waals surface area contributed by atoms with Crippen molar-refractivity contribution in [3.8, 4) is 0 Å². The number of rotatable bonds is 56. The van der Waals surface area contributed by atoms with Crippen molar-refractivity contribution in [3.05, 3.63) is 48.6 Å². The normalized spacial score (nSPS) is 14.0. The standard InChI is InChI=1S/C63H119N2O7P/c1-7-10-13-16-19-22-25-27-29-30-31-32-33-34-36-37-40-43-46-49-52-55-62(66)64-60(59-71-73(68,69)70-58-57-65(4,5)6)61(54-51-48-45-42-39-24-21-18-15-12-9-3)72-63(67)56-53-50-47-44-41-38-35-28-26-23-20-17-14-11-8-2/h19,22-23,26-27,29,51,54,60-61H,7-18,20-21,24-25,28,30-50,52-53,55-59H2,1-6H3,(H-,64,66,68,69)/b22-19-,26-23-,29-27-,54-51-. The highest BCUT2D eigenvalue weighted by molar-refractivity contribution is 7.45. The molecule has 3 atom stereocenters. The van der Waals surface area contributed by atoms with Crippen LogP contribution in [0.15, 0.2) is 48.6 Å². The summed E-state index contributed by atoms with van der Waals surface area (Å²) in [6.07, 6.45) is 65.0. The van der Waals surface area contributed by atoms with E-state index in [9.17, 15) is 19.0 Å². The molecule has 0 radical (unpaired) electrons. The highest BCUT2D eigenvalue weighted by atomic mass is 31.2. The second-order valence-corrected chi connectivity index (χ2v) is 23.6. The molecule has 3 unspecified atom stereocenters. The summed E-state index contributed by atoms with van der Waals surface area (Å²) in [7, 11) is 1.19. The van der Waals surface area contributed by atoms with Gasteiger partial charge in [-0.1, -0.05) is 237 Å². The van der Waals surface area contributed by atoms with Crippen molar-refractivity contribution in [2.24, 2.45) is 0 Å². The lowest BCUT2D eigenvalue weighted by Gasteiger charge is -2.30. The number of quaternary nitrogens is 1. The molecule has 0 aliphatic carbocycles. The summed E-state index contributed by atoms with van der Waals surface area (Å²) >= 11 is 0. The van der Waals surface area contributed by atoms with Gasteiger partial charge in [0, 0.05) is 12.8 Å². The van der Waals surface area contributed by atoms with Crippen LogP contribution in [-0.2, 0) is 27.9 Å². The average Bonchev–Trinajstić information content (AvgIpc) is 3.35. The summed E-state index contributed by atoms with van der Waals surface area (Å²) in [4.78, 5) is 39.9. The molecule has 0 aromatic heterocycles. The third-order valence-electron chi connectivity index (χ3n) is 13.7. The van der Waals surface area contributed by atoms with Gasteiger partial charge >= 0.3 is 5.97 Å². The van der Waals surface area contributed by atoms with Crippen LogP contribution in [-0.4, -0.2) is 69.4 Å². The molecule has 0 aromatic carbocycles. The highest BCUT2D eigenvalue weighted by Gasteiger charge is 2.27. The van der Waals surface area contributed by atoms with Gasteiger partial charge in [-0.15, -0.1) is 0 Å². The molecular formula is C63H119N2O7P. The summed E-state index contributed by atoms with van der Waals surface area (Å²) < 4.78 is 30.3. The van der Waals surface area contributed by atoms with E-state index in [2.05, 4.69) is 62.5 Å². The van der Waals surface area contributed by atoms with Gasteiger partial charge < -0.3 is 28.5 Å². The topological polar surface area (TPSA) is 114 Å². The smallest absolute Gasteiger partial charge is 0.306 e. The molecule has 0 fully saturated rings. The number of esters is 1. The van der Waals surface area contributed by atoms with Crippen LogP contribution in [0.25, 0.3) is 0 Å². The molecule has 0 aliphatic heterocycles. The molecule has 0 aromatic rings. The molecular weight excluding hydrogens is 928 g/mol. The van der Waals surface area contributed by atoms with E-state index in [-0.39, 0.29) is 31.5 Å². The molecule has 0 saturated carbocycles. The summed E-state index contributed by atoms with van der Waals surface area (Å²) in [5.41, 5.74) is 0. The van der Waals surface area contributed by atoms with Gasteiger partial charge in [-0.05, 0) is 89.5 Å². The maximum absolute atomic E-state index is 13.5.